The normalized spacial score (nSPS) is 28.3. The lowest BCUT2D eigenvalue weighted by molar-refractivity contribution is -0.157. The zero-order valence-corrected chi connectivity index (χ0v) is 4.98. The molecule has 0 aromatic heterocycles. The van der Waals surface area contributed by atoms with Crippen LogP contribution in [0.25, 0.3) is 0 Å². The summed E-state index contributed by atoms with van der Waals surface area (Å²) in [6, 6.07) is 0. The molecule has 6 heteroatoms. The Bertz CT molecular complexity index is 132. The van der Waals surface area contributed by atoms with Crippen LogP contribution >= 0.6 is 0 Å². The molecule has 0 bridgehead atoms. The van der Waals surface area contributed by atoms with Gasteiger partial charge in [0, 0.05) is 0 Å². The number of nitrogens with one attached hydrogen (secondary N) is 1. The second-order valence-electron chi connectivity index (χ2n) is 1.83. The maximum absolute atomic E-state index is 10.1. The van der Waals surface area contributed by atoms with Crippen molar-refractivity contribution in [3.05, 3.63) is 0 Å². The molecule has 1 heterocycles. The van der Waals surface area contributed by atoms with Crippen molar-refractivity contribution in [2.45, 2.75) is 12.2 Å². The molecular weight excluding hydrogens is 142 g/mol. The molecule has 0 aliphatic carbocycles. The number of aliphatic hydroxyl groups excluding tert-OH is 1. The van der Waals surface area contributed by atoms with Gasteiger partial charge in [-0.05, 0) is 0 Å². The van der Waals surface area contributed by atoms with E-state index in [0.717, 1.165) is 0 Å². The summed E-state index contributed by atoms with van der Waals surface area (Å²) in [5, 5.41) is 17.0. The van der Waals surface area contributed by atoms with E-state index < -0.39 is 18.2 Å². The maximum Gasteiger partial charge on any atom is 0.335 e. The Kier molecular flexibility index (Phi) is 2.17. The predicted molar refractivity (Wildman–Crippen MR) is 27.6 cm³/mol. The molecule has 0 amide bonds. The van der Waals surface area contributed by atoms with E-state index in [0.29, 0.717) is 0 Å². The molecule has 0 aromatic rings. The van der Waals surface area contributed by atoms with E-state index in [2.05, 4.69) is 9.68 Å². The lowest BCUT2D eigenvalue weighted by Gasteiger charge is -2.08. The van der Waals surface area contributed by atoms with Crippen LogP contribution in [0.1, 0.15) is 0 Å². The molecule has 6 nitrogen and oxygen atoms in total. The number of hydrogen-bond acceptors (Lipinski definition) is 5. The average molecular weight is 149 g/mol. The van der Waals surface area contributed by atoms with Gasteiger partial charge in [0.2, 0.25) is 0 Å². The van der Waals surface area contributed by atoms with Gasteiger partial charge >= 0.3 is 5.97 Å². The molecule has 10 heavy (non-hydrogen) atoms. The Morgan fingerprint density at radius 3 is 2.90 bits per heavy atom. The first-order valence-corrected chi connectivity index (χ1v) is 2.65. The summed E-state index contributed by atoms with van der Waals surface area (Å²) in [5.41, 5.74) is 1.98. The molecule has 2 atom stereocenters. The van der Waals surface area contributed by atoms with Gasteiger partial charge in [0.15, 0.2) is 6.10 Å². The van der Waals surface area contributed by atoms with Crippen LogP contribution in [-0.2, 0) is 14.5 Å². The number of rotatable bonds is 2. The lowest BCUT2D eigenvalue weighted by Crippen LogP contribution is -2.35. The second-order valence-corrected chi connectivity index (χ2v) is 1.83. The third-order valence-corrected chi connectivity index (χ3v) is 1.11. The average Bonchev–Trinajstić information content (AvgIpc) is 2.36. The van der Waals surface area contributed by atoms with Crippen molar-refractivity contribution in [2.75, 3.05) is 6.61 Å². The van der Waals surface area contributed by atoms with Crippen LogP contribution in [0.3, 0.4) is 0 Å². The van der Waals surface area contributed by atoms with Gasteiger partial charge in [0.1, 0.15) is 12.7 Å². The molecule has 1 saturated heterocycles. The Labute approximate surface area is 56.3 Å². The van der Waals surface area contributed by atoms with Crippen molar-refractivity contribution < 1.29 is 24.7 Å². The van der Waals surface area contributed by atoms with Gasteiger partial charge in [-0.2, -0.15) is 0 Å². The Balaban J connectivity index is 2.39. The molecule has 0 saturated carbocycles. The van der Waals surface area contributed by atoms with E-state index in [9.17, 15) is 4.79 Å². The molecule has 0 aromatic carbocycles. The number of hydrogen-bond donors (Lipinski definition) is 3. The lowest BCUT2D eigenvalue weighted by atomic mass is 10.2. The predicted octanol–water partition coefficient (Wildman–Crippen LogP) is -1.73. The Morgan fingerprint density at radius 1 is 1.80 bits per heavy atom. The van der Waals surface area contributed by atoms with Crippen molar-refractivity contribution in [2.24, 2.45) is 0 Å². The monoisotopic (exact) mass is 149 g/mol. The molecule has 1 unspecified atom stereocenters. The third kappa shape index (κ3) is 1.42. The standard InChI is InChI=1S/C4H7NO5/c6-3(4(7)8)2-1-9-5-10-2/h2-3,5-6H,1H2,(H,7,8)/t2-,3?/m0/s1. The van der Waals surface area contributed by atoms with Gasteiger partial charge in [0.25, 0.3) is 0 Å². The fourth-order valence-electron chi connectivity index (χ4n) is 0.561. The molecule has 3 N–H and O–H groups in total. The smallest absolute Gasteiger partial charge is 0.335 e. The van der Waals surface area contributed by atoms with Crippen LogP contribution in [0, 0.1) is 0 Å². The Morgan fingerprint density at radius 2 is 2.50 bits per heavy atom. The van der Waals surface area contributed by atoms with Crippen molar-refractivity contribution in [1.82, 2.24) is 5.64 Å². The number of aliphatic hydroxyl groups is 1. The fourth-order valence-corrected chi connectivity index (χ4v) is 0.561. The number of aliphatic carboxylic acids is 1. The van der Waals surface area contributed by atoms with Crippen LogP contribution in [0.4, 0.5) is 0 Å². The van der Waals surface area contributed by atoms with Gasteiger partial charge in [-0.3, -0.25) is 9.68 Å². The number of carboxylic acid groups (broad SMARTS) is 1. The largest absolute Gasteiger partial charge is 0.479 e. The molecule has 1 aliphatic heterocycles. The van der Waals surface area contributed by atoms with Gasteiger partial charge in [-0.25, -0.2) is 4.79 Å². The molecule has 1 rings (SSSR count). The highest BCUT2D eigenvalue weighted by atomic mass is 16.9. The summed E-state index contributed by atoms with van der Waals surface area (Å²) in [6.45, 7) is 0.0352. The quantitative estimate of drug-likeness (QED) is 0.432. The van der Waals surface area contributed by atoms with Gasteiger partial charge < -0.3 is 10.2 Å². The number of carbonyl (C=O) groups is 1. The minimum absolute atomic E-state index is 0.0352. The van der Waals surface area contributed by atoms with E-state index in [1.165, 1.54) is 0 Å². The van der Waals surface area contributed by atoms with Crippen molar-refractivity contribution >= 4 is 5.97 Å². The zero-order chi connectivity index (χ0) is 7.56. The summed E-state index contributed by atoms with van der Waals surface area (Å²) in [7, 11) is 0. The summed E-state index contributed by atoms with van der Waals surface area (Å²) in [4.78, 5) is 19.0. The van der Waals surface area contributed by atoms with Crippen molar-refractivity contribution in [1.29, 1.82) is 0 Å². The van der Waals surface area contributed by atoms with Crippen molar-refractivity contribution in [3.63, 3.8) is 0 Å². The summed E-state index contributed by atoms with van der Waals surface area (Å²) in [5.74, 6) is -1.32. The maximum atomic E-state index is 10.1. The first-order chi connectivity index (χ1) is 4.72. The zero-order valence-electron chi connectivity index (χ0n) is 4.98. The topological polar surface area (TPSA) is 88.0 Å². The van der Waals surface area contributed by atoms with Gasteiger partial charge in [-0.1, -0.05) is 5.64 Å². The SMILES string of the molecule is O=C(O)C(O)[C@@H]1CONO1. The highest BCUT2D eigenvalue weighted by Crippen LogP contribution is 2.03. The van der Waals surface area contributed by atoms with Crippen molar-refractivity contribution in [3.8, 4) is 0 Å². The van der Waals surface area contributed by atoms with E-state index in [4.69, 9.17) is 10.2 Å². The van der Waals surface area contributed by atoms with Crippen LogP contribution in [0.2, 0.25) is 0 Å². The first-order valence-electron chi connectivity index (χ1n) is 2.65. The molecular formula is C4H7NO5. The van der Waals surface area contributed by atoms with Gasteiger partial charge in [0.05, 0.1) is 0 Å². The molecule has 1 fully saturated rings. The highest BCUT2D eigenvalue weighted by molar-refractivity contribution is 5.72. The third-order valence-electron chi connectivity index (χ3n) is 1.11. The molecule has 58 valence electrons. The van der Waals surface area contributed by atoms with Crippen LogP contribution < -0.4 is 5.64 Å². The summed E-state index contributed by atoms with van der Waals surface area (Å²) >= 11 is 0. The second kappa shape index (κ2) is 2.93. The van der Waals surface area contributed by atoms with Crippen LogP contribution in [-0.4, -0.2) is 35.0 Å². The summed E-state index contributed by atoms with van der Waals surface area (Å²) in [6.07, 6.45) is -2.35. The molecule has 0 spiro atoms. The van der Waals surface area contributed by atoms with E-state index in [1.54, 1.807) is 0 Å². The fraction of sp³-hybridized carbons (Fsp3) is 0.750. The minimum atomic E-state index is -1.53. The first kappa shape index (κ1) is 7.42. The minimum Gasteiger partial charge on any atom is -0.479 e. The van der Waals surface area contributed by atoms with E-state index in [1.807, 2.05) is 5.64 Å². The molecule has 0 radical (unpaired) electrons. The Hall–Kier alpha value is -0.690. The number of carboxylic acids is 1. The van der Waals surface area contributed by atoms with Crippen LogP contribution in [0.15, 0.2) is 0 Å². The van der Waals surface area contributed by atoms with Crippen LogP contribution in [0.5, 0.6) is 0 Å². The highest BCUT2D eigenvalue weighted by Gasteiger charge is 2.30. The molecule has 1 aliphatic rings. The van der Waals surface area contributed by atoms with E-state index in [-0.39, 0.29) is 6.61 Å². The van der Waals surface area contributed by atoms with E-state index >= 15 is 0 Å². The van der Waals surface area contributed by atoms with Gasteiger partial charge in [-0.15, -0.1) is 0 Å². The summed E-state index contributed by atoms with van der Waals surface area (Å²) < 4.78 is 0.